The lowest BCUT2D eigenvalue weighted by Crippen LogP contribution is -2.58. The van der Waals surface area contributed by atoms with Crippen LogP contribution >= 0.6 is 0 Å². The van der Waals surface area contributed by atoms with Crippen LogP contribution in [-0.2, 0) is 9.59 Å². The fourth-order valence-corrected chi connectivity index (χ4v) is 3.74. The van der Waals surface area contributed by atoms with Crippen LogP contribution in [0.5, 0.6) is 5.75 Å². The molecule has 0 bridgehead atoms. The minimum Gasteiger partial charge on any atom is -0.494 e. The topological polar surface area (TPSA) is 49.9 Å². The van der Waals surface area contributed by atoms with Crippen LogP contribution in [0.3, 0.4) is 0 Å². The monoisotopic (exact) mass is 330 g/mol. The summed E-state index contributed by atoms with van der Waals surface area (Å²) >= 11 is 0. The Morgan fingerprint density at radius 3 is 2.71 bits per heavy atom. The summed E-state index contributed by atoms with van der Waals surface area (Å²) in [4.78, 5) is 29.0. The number of carbonyl (C=O) groups is 2. The third-order valence-corrected chi connectivity index (χ3v) is 5.08. The van der Waals surface area contributed by atoms with E-state index in [1.807, 2.05) is 38.1 Å². The first-order chi connectivity index (χ1) is 11.6. The predicted molar refractivity (Wildman–Crippen MR) is 93.1 cm³/mol. The summed E-state index contributed by atoms with van der Waals surface area (Å²) in [7, 11) is 0. The molecule has 1 atom stereocenters. The van der Waals surface area contributed by atoms with E-state index in [0.717, 1.165) is 37.1 Å². The molecule has 1 unspecified atom stereocenters. The van der Waals surface area contributed by atoms with Gasteiger partial charge in [-0.15, -0.1) is 0 Å². The van der Waals surface area contributed by atoms with Crippen molar-refractivity contribution in [3.05, 3.63) is 24.3 Å². The van der Waals surface area contributed by atoms with Gasteiger partial charge in [0.05, 0.1) is 6.61 Å². The first-order valence-corrected chi connectivity index (χ1v) is 8.96. The molecule has 5 heteroatoms. The van der Waals surface area contributed by atoms with Crippen molar-refractivity contribution in [1.29, 1.82) is 0 Å². The normalized spacial score (nSPS) is 22.1. The second-order valence-electron chi connectivity index (χ2n) is 6.61. The van der Waals surface area contributed by atoms with Crippen LogP contribution in [0.4, 0.5) is 5.69 Å². The molecular formula is C19H26N2O3. The van der Waals surface area contributed by atoms with E-state index < -0.39 is 6.04 Å². The lowest BCUT2D eigenvalue weighted by molar-refractivity contribution is -0.143. The van der Waals surface area contributed by atoms with Gasteiger partial charge in [0.1, 0.15) is 11.8 Å². The zero-order valence-corrected chi connectivity index (χ0v) is 14.5. The third kappa shape index (κ3) is 3.25. The minimum atomic E-state index is -0.400. The van der Waals surface area contributed by atoms with Gasteiger partial charge in [0.2, 0.25) is 11.8 Å². The van der Waals surface area contributed by atoms with Gasteiger partial charge in [0.15, 0.2) is 0 Å². The largest absolute Gasteiger partial charge is 0.494 e. The molecule has 1 aromatic carbocycles. The average Bonchev–Trinajstić information content (AvgIpc) is 3.12. The number of hydrogen-bond acceptors (Lipinski definition) is 3. The van der Waals surface area contributed by atoms with Crippen molar-refractivity contribution < 1.29 is 14.3 Å². The molecule has 2 amide bonds. The first kappa shape index (κ1) is 16.8. The molecule has 1 saturated carbocycles. The van der Waals surface area contributed by atoms with E-state index in [9.17, 15) is 9.59 Å². The average molecular weight is 330 g/mol. The highest BCUT2D eigenvalue weighted by Crippen LogP contribution is 2.29. The number of benzene rings is 1. The summed E-state index contributed by atoms with van der Waals surface area (Å²) in [5, 5.41) is 0. The molecule has 3 rings (SSSR count). The molecule has 0 spiro atoms. The number of rotatable bonds is 4. The summed E-state index contributed by atoms with van der Waals surface area (Å²) in [6.07, 6.45) is 4.19. The van der Waals surface area contributed by atoms with E-state index in [1.165, 1.54) is 0 Å². The molecule has 2 fully saturated rings. The second-order valence-corrected chi connectivity index (χ2v) is 6.61. The van der Waals surface area contributed by atoms with E-state index in [1.54, 1.807) is 9.80 Å². The Labute approximate surface area is 143 Å². The van der Waals surface area contributed by atoms with Crippen LogP contribution < -0.4 is 9.64 Å². The zero-order chi connectivity index (χ0) is 17.1. The summed E-state index contributed by atoms with van der Waals surface area (Å²) in [6, 6.07) is 7.20. The van der Waals surface area contributed by atoms with Crippen molar-refractivity contribution in [1.82, 2.24) is 4.90 Å². The second kappa shape index (κ2) is 7.24. The van der Waals surface area contributed by atoms with Crippen LogP contribution in [0.2, 0.25) is 0 Å². The smallest absolute Gasteiger partial charge is 0.249 e. The van der Waals surface area contributed by atoms with Gasteiger partial charge in [-0.05, 0) is 38.8 Å². The molecular weight excluding hydrogens is 304 g/mol. The number of anilines is 1. The highest BCUT2D eigenvalue weighted by Gasteiger charge is 2.38. The number of carbonyl (C=O) groups excluding carboxylic acids is 2. The van der Waals surface area contributed by atoms with Gasteiger partial charge in [0, 0.05) is 30.8 Å². The summed E-state index contributed by atoms with van der Waals surface area (Å²) in [5.74, 6) is 1.03. The molecule has 2 aliphatic rings. The summed E-state index contributed by atoms with van der Waals surface area (Å²) < 4.78 is 5.52. The van der Waals surface area contributed by atoms with Crippen molar-refractivity contribution in [2.45, 2.75) is 45.6 Å². The van der Waals surface area contributed by atoms with Crippen molar-refractivity contribution in [3.8, 4) is 5.75 Å². The molecule has 130 valence electrons. The maximum Gasteiger partial charge on any atom is 0.249 e. The van der Waals surface area contributed by atoms with Gasteiger partial charge in [0.25, 0.3) is 0 Å². The van der Waals surface area contributed by atoms with Crippen molar-refractivity contribution in [3.63, 3.8) is 0 Å². The molecule has 0 N–H and O–H groups in total. The van der Waals surface area contributed by atoms with Crippen molar-refractivity contribution in [2.75, 3.05) is 24.6 Å². The van der Waals surface area contributed by atoms with Gasteiger partial charge in [-0.1, -0.05) is 18.9 Å². The van der Waals surface area contributed by atoms with Crippen LogP contribution in [-0.4, -0.2) is 42.5 Å². The molecule has 5 nitrogen and oxygen atoms in total. The standard InChI is InChI=1S/C19H26N2O3/c1-3-24-17-10-6-9-16(13-17)21-12-11-20(14(2)18(21)22)19(23)15-7-4-5-8-15/h6,9-10,13-15H,3-5,7-8,11-12H2,1-2H3. The molecule has 1 aliphatic carbocycles. The molecule has 1 heterocycles. The van der Waals surface area contributed by atoms with Gasteiger partial charge < -0.3 is 14.5 Å². The van der Waals surface area contributed by atoms with Crippen molar-refractivity contribution >= 4 is 17.5 Å². The zero-order valence-electron chi connectivity index (χ0n) is 14.5. The molecule has 0 aromatic heterocycles. The van der Waals surface area contributed by atoms with Gasteiger partial charge >= 0.3 is 0 Å². The Kier molecular flexibility index (Phi) is 5.07. The van der Waals surface area contributed by atoms with Crippen LogP contribution in [0.15, 0.2) is 24.3 Å². The van der Waals surface area contributed by atoms with Crippen LogP contribution in [0.1, 0.15) is 39.5 Å². The quantitative estimate of drug-likeness (QED) is 0.853. The van der Waals surface area contributed by atoms with E-state index in [-0.39, 0.29) is 17.7 Å². The fourth-order valence-electron chi connectivity index (χ4n) is 3.74. The Bertz CT molecular complexity index is 610. The van der Waals surface area contributed by atoms with E-state index >= 15 is 0 Å². The first-order valence-electron chi connectivity index (χ1n) is 8.96. The highest BCUT2D eigenvalue weighted by molar-refractivity contribution is 6.00. The van der Waals surface area contributed by atoms with Crippen LogP contribution in [0.25, 0.3) is 0 Å². The lowest BCUT2D eigenvalue weighted by atomic mass is 10.0. The van der Waals surface area contributed by atoms with Gasteiger partial charge in [-0.2, -0.15) is 0 Å². The number of hydrogen-bond donors (Lipinski definition) is 0. The number of ether oxygens (including phenoxy) is 1. The number of nitrogens with zero attached hydrogens (tertiary/aromatic N) is 2. The highest BCUT2D eigenvalue weighted by atomic mass is 16.5. The maximum absolute atomic E-state index is 12.8. The molecule has 0 radical (unpaired) electrons. The van der Waals surface area contributed by atoms with E-state index in [2.05, 4.69) is 0 Å². The van der Waals surface area contributed by atoms with Crippen molar-refractivity contribution in [2.24, 2.45) is 5.92 Å². The van der Waals surface area contributed by atoms with E-state index in [4.69, 9.17) is 4.74 Å². The fraction of sp³-hybridized carbons (Fsp3) is 0.579. The number of piperazine rings is 1. The molecule has 1 aliphatic heterocycles. The number of amides is 2. The Hall–Kier alpha value is -2.04. The van der Waals surface area contributed by atoms with Gasteiger partial charge in [-0.25, -0.2) is 0 Å². The Morgan fingerprint density at radius 2 is 2.00 bits per heavy atom. The Balaban J connectivity index is 1.72. The SMILES string of the molecule is CCOc1cccc(N2CCN(C(=O)C3CCCC3)C(C)C2=O)c1. The Morgan fingerprint density at radius 1 is 1.25 bits per heavy atom. The molecule has 24 heavy (non-hydrogen) atoms. The lowest BCUT2D eigenvalue weighted by Gasteiger charge is -2.40. The van der Waals surface area contributed by atoms with Crippen LogP contribution in [0, 0.1) is 5.92 Å². The van der Waals surface area contributed by atoms with E-state index in [0.29, 0.717) is 19.7 Å². The predicted octanol–water partition coefficient (Wildman–Crippen LogP) is 2.84. The summed E-state index contributed by atoms with van der Waals surface area (Å²) in [5.41, 5.74) is 0.839. The molecule has 1 saturated heterocycles. The third-order valence-electron chi connectivity index (χ3n) is 5.08. The maximum atomic E-state index is 12.8. The minimum absolute atomic E-state index is 0.0127. The van der Waals surface area contributed by atoms with Gasteiger partial charge in [-0.3, -0.25) is 9.59 Å². The molecule has 1 aromatic rings. The summed E-state index contributed by atoms with van der Waals surface area (Å²) in [6.45, 7) is 5.51.